The average Bonchev–Trinajstić information content (AvgIpc) is 3.11. The Morgan fingerprint density at radius 2 is 1.64 bits per heavy atom. The Bertz CT molecular complexity index is 673. The molecule has 4 aliphatic carbocycles. The van der Waals surface area contributed by atoms with E-state index in [1.807, 2.05) is 6.92 Å². The van der Waals surface area contributed by atoms with E-state index in [-0.39, 0.29) is 6.10 Å². The van der Waals surface area contributed by atoms with Crippen LogP contribution >= 0.6 is 0 Å². The lowest BCUT2D eigenvalue weighted by molar-refractivity contribution is -0.132. The molecule has 0 saturated heterocycles. The number of fused-ring (bicyclic) bond motifs is 5. The molecule has 4 aliphatic rings. The highest BCUT2D eigenvalue weighted by atomic mass is 16.7. The first kappa shape index (κ1) is 25.4. The first-order valence-electron chi connectivity index (χ1n) is 14.5. The summed E-state index contributed by atoms with van der Waals surface area (Å²) in [4.78, 5) is 11.9. The van der Waals surface area contributed by atoms with Crippen molar-refractivity contribution in [1.82, 2.24) is 0 Å². The van der Waals surface area contributed by atoms with Gasteiger partial charge in [0.15, 0.2) is 0 Å². The summed E-state index contributed by atoms with van der Waals surface area (Å²) in [7, 11) is 0. The minimum absolute atomic E-state index is 0.0649. The summed E-state index contributed by atoms with van der Waals surface area (Å²) in [6, 6.07) is 0. The van der Waals surface area contributed by atoms with Gasteiger partial charge >= 0.3 is 6.16 Å². The third-order valence-corrected chi connectivity index (χ3v) is 11.3. The lowest BCUT2D eigenvalue weighted by Gasteiger charge is -2.61. The molecule has 0 spiro atoms. The maximum Gasteiger partial charge on any atom is 0.508 e. The molecule has 3 nitrogen and oxygen atoms in total. The lowest BCUT2D eigenvalue weighted by Crippen LogP contribution is -2.54. The highest BCUT2D eigenvalue weighted by Crippen LogP contribution is 2.68. The van der Waals surface area contributed by atoms with Crippen molar-refractivity contribution in [3.8, 4) is 0 Å². The second-order valence-corrected chi connectivity index (χ2v) is 13.4. The number of carbonyl (C=O) groups is 1. The quantitative estimate of drug-likeness (QED) is 0.357. The van der Waals surface area contributed by atoms with Crippen LogP contribution in [0.25, 0.3) is 0 Å². The SMILES string of the molecule is CCOC(=O)O[C@H]1CC[C@@]2(C)C(CC[C@H]3[C@@H]4CC[C@H]([C@H](C)CCCC(C)C)[C@@]4(C)CC[C@@H]32)C1. The number of rotatable bonds is 7. The van der Waals surface area contributed by atoms with Crippen LogP contribution in [-0.2, 0) is 9.47 Å². The molecule has 9 atom stereocenters. The minimum atomic E-state index is -0.465. The van der Waals surface area contributed by atoms with Crippen molar-refractivity contribution in [3.05, 3.63) is 0 Å². The van der Waals surface area contributed by atoms with E-state index in [1.54, 1.807) is 0 Å². The Morgan fingerprint density at radius 1 is 0.909 bits per heavy atom. The van der Waals surface area contributed by atoms with Gasteiger partial charge in [0.2, 0.25) is 0 Å². The minimum Gasteiger partial charge on any atom is -0.435 e. The monoisotopic (exact) mass is 460 g/mol. The fourth-order valence-electron chi connectivity index (χ4n) is 9.64. The van der Waals surface area contributed by atoms with E-state index in [1.165, 1.54) is 64.2 Å². The van der Waals surface area contributed by atoms with Crippen LogP contribution < -0.4 is 0 Å². The first-order chi connectivity index (χ1) is 15.7. The molecule has 0 aliphatic heterocycles. The average molecular weight is 461 g/mol. The zero-order chi connectivity index (χ0) is 23.8. The van der Waals surface area contributed by atoms with Gasteiger partial charge in [-0.05, 0) is 117 Å². The third-order valence-electron chi connectivity index (χ3n) is 11.3. The molecule has 0 radical (unpaired) electrons. The van der Waals surface area contributed by atoms with Crippen LogP contribution in [0, 0.1) is 52.3 Å². The fourth-order valence-corrected chi connectivity index (χ4v) is 9.64. The van der Waals surface area contributed by atoms with E-state index in [2.05, 4.69) is 34.6 Å². The van der Waals surface area contributed by atoms with Crippen molar-refractivity contribution in [3.63, 3.8) is 0 Å². The lowest BCUT2D eigenvalue weighted by atomic mass is 9.44. The van der Waals surface area contributed by atoms with Crippen LogP contribution in [0.15, 0.2) is 0 Å². The topological polar surface area (TPSA) is 35.5 Å². The van der Waals surface area contributed by atoms with Gasteiger partial charge < -0.3 is 9.47 Å². The molecular formula is C30H52O3. The van der Waals surface area contributed by atoms with Gasteiger partial charge in [0.05, 0.1) is 6.61 Å². The van der Waals surface area contributed by atoms with Gasteiger partial charge in [0, 0.05) is 0 Å². The van der Waals surface area contributed by atoms with E-state index in [0.29, 0.717) is 23.4 Å². The van der Waals surface area contributed by atoms with Gasteiger partial charge in [-0.2, -0.15) is 0 Å². The van der Waals surface area contributed by atoms with Gasteiger partial charge in [0.25, 0.3) is 0 Å². The number of carbonyl (C=O) groups excluding carboxylic acids is 1. The Balaban J connectivity index is 1.40. The van der Waals surface area contributed by atoms with Crippen molar-refractivity contribution >= 4 is 6.16 Å². The summed E-state index contributed by atoms with van der Waals surface area (Å²) < 4.78 is 10.7. The van der Waals surface area contributed by atoms with Gasteiger partial charge in [-0.15, -0.1) is 0 Å². The van der Waals surface area contributed by atoms with Crippen LogP contribution in [0.3, 0.4) is 0 Å². The zero-order valence-corrected chi connectivity index (χ0v) is 22.5. The normalized spacial score (nSPS) is 43.4. The van der Waals surface area contributed by atoms with Gasteiger partial charge in [-0.1, -0.05) is 53.9 Å². The molecule has 0 N–H and O–H groups in total. The van der Waals surface area contributed by atoms with Crippen molar-refractivity contribution in [2.45, 2.75) is 125 Å². The second kappa shape index (κ2) is 10.1. The summed E-state index contributed by atoms with van der Waals surface area (Å²) in [6.07, 6.45) is 15.7. The highest BCUT2D eigenvalue weighted by molar-refractivity contribution is 5.60. The van der Waals surface area contributed by atoms with Crippen LogP contribution in [0.5, 0.6) is 0 Å². The van der Waals surface area contributed by atoms with E-state index in [0.717, 1.165) is 48.3 Å². The molecule has 0 aromatic rings. The van der Waals surface area contributed by atoms with E-state index in [4.69, 9.17) is 9.47 Å². The number of ether oxygens (including phenoxy) is 2. The maximum atomic E-state index is 11.9. The number of hydrogen-bond donors (Lipinski definition) is 0. The third kappa shape index (κ3) is 4.86. The summed E-state index contributed by atoms with van der Waals surface area (Å²) >= 11 is 0. The van der Waals surface area contributed by atoms with Crippen molar-refractivity contribution in [2.24, 2.45) is 52.3 Å². The molecule has 33 heavy (non-hydrogen) atoms. The Morgan fingerprint density at radius 3 is 2.36 bits per heavy atom. The van der Waals surface area contributed by atoms with Crippen LogP contribution in [0.1, 0.15) is 119 Å². The Labute approximate surface area is 204 Å². The van der Waals surface area contributed by atoms with Gasteiger partial charge in [-0.25, -0.2) is 4.79 Å². The van der Waals surface area contributed by atoms with Crippen LogP contribution in [0.2, 0.25) is 0 Å². The molecule has 0 aromatic heterocycles. The van der Waals surface area contributed by atoms with Crippen molar-refractivity contribution in [1.29, 1.82) is 0 Å². The first-order valence-corrected chi connectivity index (χ1v) is 14.5. The Hall–Kier alpha value is -0.730. The predicted molar refractivity (Wildman–Crippen MR) is 135 cm³/mol. The zero-order valence-electron chi connectivity index (χ0n) is 22.5. The Kier molecular flexibility index (Phi) is 7.76. The molecule has 190 valence electrons. The summed E-state index contributed by atoms with van der Waals surface area (Å²) in [5, 5.41) is 0. The fraction of sp³-hybridized carbons (Fsp3) is 0.967. The second-order valence-electron chi connectivity index (χ2n) is 13.4. The van der Waals surface area contributed by atoms with Gasteiger partial charge in [0.1, 0.15) is 6.10 Å². The molecule has 1 unspecified atom stereocenters. The molecule has 0 amide bonds. The predicted octanol–water partition coefficient (Wildman–Crippen LogP) is 8.65. The summed E-state index contributed by atoms with van der Waals surface area (Å²) in [5.41, 5.74) is 1.02. The van der Waals surface area contributed by atoms with E-state index in [9.17, 15) is 4.79 Å². The molecular weight excluding hydrogens is 408 g/mol. The molecule has 0 aromatic carbocycles. The standard InChI is InChI=1S/C30H52O3/c1-7-32-28(31)33-23-15-17-29(5)22(19-23)11-12-24-26-14-13-25(21(4)10-8-9-20(2)3)30(26,6)18-16-27(24)29/h20-27H,7-19H2,1-6H3/t21-,22?,23+,24+,25-,26+,27+,29+,30-/m1/s1. The molecule has 3 heteroatoms. The van der Waals surface area contributed by atoms with Gasteiger partial charge in [-0.3, -0.25) is 0 Å². The van der Waals surface area contributed by atoms with Crippen molar-refractivity contribution in [2.75, 3.05) is 6.61 Å². The van der Waals surface area contributed by atoms with Crippen LogP contribution in [-0.4, -0.2) is 18.9 Å². The summed E-state index contributed by atoms with van der Waals surface area (Å²) in [5.74, 6) is 6.14. The van der Waals surface area contributed by atoms with E-state index >= 15 is 0 Å². The van der Waals surface area contributed by atoms with Crippen LogP contribution in [0.4, 0.5) is 4.79 Å². The number of hydrogen-bond acceptors (Lipinski definition) is 3. The molecule has 4 rings (SSSR count). The maximum absolute atomic E-state index is 11.9. The summed E-state index contributed by atoms with van der Waals surface area (Å²) in [6.45, 7) is 14.9. The molecule has 4 saturated carbocycles. The highest BCUT2D eigenvalue weighted by Gasteiger charge is 2.60. The largest absolute Gasteiger partial charge is 0.508 e. The molecule has 0 bridgehead atoms. The van der Waals surface area contributed by atoms with E-state index < -0.39 is 6.16 Å². The molecule has 0 heterocycles. The smallest absolute Gasteiger partial charge is 0.435 e. The van der Waals surface area contributed by atoms with Crippen molar-refractivity contribution < 1.29 is 14.3 Å². The molecule has 4 fully saturated rings.